The van der Waals surface area contributed by atoms with Crippen LogP contribution in [0.15, 0.2) is 42.5 Å². The van der Waals surface area contributed by atoms with Crippen molar-refractivity contribution >= 4 is 45.9 Å². The number of benzene rings is 2. The number of hydrogen-bond acceptors (Lipinski definition) is 5. The van der Waals surface area contributed by atoms with Gasteiger partial charge in [-0.1, -0.05) is 35.3 Å². The molecule has 1 fully saturated rings. The van der Waals surface area contributed by atoms with Crippen LogP contribution in [0.3, 0.4) is 0 Å². The molecule has 0 amide bonds. The molecule has 27 heavy (non-hydrogen) atoms. The molecule has 2 heterocycles. The molecule has 0 radical (unpaired) electrons. The Morgan fingerprint density at radius 2 is 1.81 bits per heavy atom. The van der Waals surface area contributed by atoms with Gasteiger partial charge in [-0.2, -0.15) is 10.1 Å². The number of H-pyrrole nitrogens is 1. The van der Waals surface area contributed by atoms with Crippen molar-refractivity contribution in [3.63, 3.8) is 0 Å². The predicted molar refractivity (Wildman–Crippen MR) is 107 cm³/mol. The van der Waals surface area contributed by atoms with Gasteiger partial charge < -0.3 is 5.32 Å². The van der Waals surface area contributed by atoms with E-state index >= 15 is 0 Å². The standard InChI is InChI=1S/C19H14Cl2N6/c20-13-8-7-11(9-14(13)21)16-22-15-4-2-1-3-12(15)18(23-16)25-19-24-17(26-27-19)10-5-6-10/h1-4,7-10H,5-6H2,(H2,22,23,24,25,26,27). The van der Waals surface area contributed by atoms with Crippen molar-refractivity contribution in [2.75, 3.05) is 5.32 Å². The zero-order chi connectivity index (χ0) is 18.4. The van der Waals surface area contributed by atoms with E-state index in [1.807, 2.05) is 30.3 Å². The Kier molecular flexibility index (Phi) is 3.95. The molecule has 0 unspecified atom stereocenters. The van der Waals surface area contributed by atoms with E-state index in [0.29, 0.717) is 33.6 Å². The summed E-state index contributed by atoms with van der Waals surface area (Å²) in [5, 5.41) is 12.3. The number of fused-ring (bicyclic) bond motifs is 1. The fourth-order valence-corrected chi connectivity index (χ4v) is 3.20. The first kappa shape index (κ1) is 16.5. The average Bonchev–Trinajstić information content (AvgIpc) is 3.43. The highest BCUT2D eigenvalue weighted by atomic mass is 35.5. The highest BCUT2D eigenvalue weighted by Crippen LogP contribution is 2.38. The highest BCUT2D eigenvalue weighted by molar-refractivity contribution is 6.42. The van der Waals surface area contributed by atoms with Gasteiger partial charge in [0.25, 0.3) is 0 Å². The van der Waals surface area contributed by atoms with Crippen LogP contribution >= 0.6 is 23.2 Å². The largest absolute Gasteiger partial charge is 0.309 e. The molecule has 8 heteroatoms. The SMILES string of the molecule is Clc1ccc(-c2nc(Nc3nc(C4CC4)n[nH]3)c3ccccc3n2)cc1Cl. The molecule has 1 aliphatic carbocycles. The van der Waals surface area contributed by atoms with Gasteiger partial charge in [-0.3, -0.25) is 0 Å². The molecule has 2 N–H and O–H groups in total. The quantitative estimate of drug-likeness (QED) is 0.486. The molecule has 2 aromatic carbocycles. The number of para-hydroxylation sites is 1. The minimum Gasteiger partial charge on any atom is -0.309 e. The normalized spacial score (nSPS) is 13.9. The molecule has 1 aliphatic rings. The van der Waals surface area contributed by atoms with Gasteiger partial charge >= 0.3 is 0 Å². The van der Waals surface area contributed by atoms with Crippen LogP contribution in [-0.4, -0.2) is 25.1 Å². The van der Waals surface area contributed by atoms with Crippen molar-refractivity contribution in [1.82, 2.24) is 25.1 Å². The second-order valence-electron chi connectivity index (χ2n) is 6.48. The van der Waals surface area contributed by atoms with Gasteiger partial charge in [-0.05, 0) is 43.2 Å². The number of halogens is 2. The van der Waals surface area contributed by atoms with Crippen LogP contribution in [0.2, 0.25) is 10.0 Å². The van der Waals surface area contributed by atoms with E-state index < -0.39 is 0 Å². The molecule has 0 saturated heterocycles. The molecular weight excluding hydrogens is 383 g/mol. The van der Waals surface area contributed by atoms with Crippen LogP contribution < -0.4 is 5.32 Å². The molecule has 1 saturated carbocycles. The number of aromatic nitrogens is 5. The van der Waals surface area contributed by atoms with Gasteiger partial charge in [0.05, 0.1) is 15.6 Å². The van der Waals surface area contributed by atoms with Crippen molar-refractivity contribution in [1.29, 1.82) is 0 Å². The lowest BCUT2D eigenvalue weighted by Crippen LogP contribution is -2.00. The summed E-state index contributed by atoms with van der Waals surface area (Å²) in [5.74, 6) is 3.10. The molecule has 0 aliphatic heterocycles. The molecule has 4 aromatic rings. The molecule has 0 atom stereocenters. The highest BCUT2D eigenvalue weighted by Gasteiger charge is 2.27. The van der Waals surface area contributed by atoms with Gasteiger partial charge in [0, 0.05) is 16.9 Å². The van der Waals surface area contributed by atoms with E-state index in [0.717, 1.165) is 35.1 Å². The Morgan fingerprint density at radius 3 is 2.63 bits per heavy atom. The molecule has 0 bridgehead atoms. The number of nitrogens with one attached hydrogen (secondary N) is 2. The Bertz CT molecular complexity index is 1150. The average molecular weight is 397 g/mol. The first-order valence-corrected chi connectivity index (χ1v) is 9.34. The van der Waals surface area contributed by atoms with E-state index in [-0.39, 0.29) is 0 Å². The lowest BCUT2D eigenvalue weighted by Gasteiger charge is -2.09. The maximum atomic E-state index is 6.16. The van der Waals surface area contributed by atoms with E-state index in [2.05, 4.69) is 25.5 Å². The number of anilines is 2. The summed E-state index contributed by atoms with van der Waals surface area (Å²) in [4.78, 5) is 13.9. The van der Waals surface area contributed by atoms with Gasteiger partial charge in [-0.25, -0.2) is 15.1 Å². The Labute approximate surface area is 165 Å². The molecule has 0 spiro atoms. The number of aromatic amines is 1. The van der Waals surface area contributed by atoms with Gasteiger partial charge in [0.2, 0.25) is 5.95 Å². The van der Waals surface area contributed by atoms with Crippen LogP contribution in [-0.2, 0) is 0 Å². The van der Waals surface area contributed by atoms with Crippen LogP contribution in [0.5, 0.6) is 0 Å². The minimum atomic E-state index is 0.463. The van der Waals surface area contributed by atoms with Crippen LogP contribution in [0.4, 0.5) is 11.8 Å². The topological polar surface area (TPSA) is 79.4 Å². The zero-order valence-electron chi connectivity index (χ0n) is 14.1. The molecule has 6 nitrogen and oxygen atoms in total. The fraction of sp³-hybridized carbons (Fsp3) is 0.158. The van der Waals surface area contributed by atoms with Crippen LogP contribution in [0.1, 0.15) is 24.6 Å². The summed E-state index contributed by atoms with van der Waals surface area (Å²) in [6, 6.07) is 13.2. The Hall–Kier alpha value is -2.70. The van der Waals surface area contributed by atoms with E-state index in [1.165, 1.54) is 0 Å². The smallest absolute Gasteiger partial charge is 0.224 e. The minimum absolute atomic E-state index is 0.463. The molecule has 134 valence electrons. The van der Waals surface area contributed by atoms with E-state index in [1.54, 1.807) is 12.1 Å². The number of rotatable bonds is 4. The summed E-state index contributed by atoms with van der Waals surface area (Å²) >= 11 is 12.2. The van der Waals surface area contributed by atoms with Crippen LogP contribution in [0, 0.1) is 0 Å². The van der Waals surface area contributed by atoms with Crippen molar-refractivity contribution in [2.45, 2.75) is 18.8 Å². The monoisotopic (exact) mass is 396 g/mol. The predicted octanol–water partition coefficient (Wildman–Crippen LogP) is 5.34. The fourth-order valence-electron chi connectivity index (χ4n) is 2.90. The molecule has 5 rings (SSSR count). The van der Waals surface area contributed by atoms with Crippen molar-refractivity contribution in [3.05, 3.63) is 58.3 Å². The van der Waals surface area contributed by atoms with Crippen molar-refractivity contribution in [2.24, 2.45) is 0 Å². The summed E-state index contributed by atoms with van der Waals surface area (Å²) in [5.41, 5.74) is 1.60. The summed E-state index contributed by atoms with van der Waals surface area (Å²) < 4.78 is 0. The maximum Gasteiger partial charge on any atom is 0.224 e. The van der Waals surface area contributed by atoms with Crippen molar-refractivity contribution < 1.29 is 0 Å². The molecule has 2 aromatic heterocycles. The summed E-state index contributed by atoms with van der Waals surface area (Å²) in [6.07, 6.45) is 2.30. The van der Waals surface area contributed by atoms with Crippen LogP contribution in [0.25, 0.3) is 22.3 Å². The van der Waals surface area contributed by atoms with E-state index in [9.17, 15) is 0 Å². The lowest BCUT2D eigenvalue weighted by molar-refractivity contribution is 0.935. The third-order valence-electron chi connectivity index (χ3n) is 4.46. The molecular formula is C19H14Cl2N6. The number of nitrogens with zero attached hydrogens (tertiary/aromatic N) is 4. The lowest BCUT2D eigenvalue weighted by atomic mass is 10.2. The third-order valence-corrected chi connectivity index (χ3v) is 5.20. The first-order valence-electron chi connectivity index (χ1n) is 8.59. The van der Waals surface area contributed by atoms with Gasteiger partial charge in [0.15, 0.2) is 11.6 Å². The summed E-state index contributed by atoms with van der Waals surface area (Å²) in [6.45, 7) is 0. The number of hydrogen-bond donors (Lipinski definition) is 2. The first-order chi connectivity index (χ1) is 13.2. The van der Waals surface area contributed by atoms with E-state index in [4.69, 9.17) is 28.2 Å². The van der Waals surface area contributed by atoms with Crippen molar-refractivity contribution in [3.8, 4) is 11.4 Å². The van der Waals surface area contributed by atoms with Gasteiger partial charge in [-0.15, -0.1) is 0 Å². The maximum absolute atomic E-state index is 6.16. The second kappa shape index (κ2) is 6.48. The Morgan fingerprint density at radius 1 is 0.963 bits per heavy atom. The third kappa shape index (κ3) is 3.22. The van der Waals surface area contributed by atoms with Gasteiger partial charge in [0.1, 0.15) is 5.82 Å². The summed E-state index contributed by atoms with van der Waals surface area (Å²) in [7, 11) is 0. The second-order valence-corrected chi connectivity index (χ2v) is 7.30. The Balaban J connectivity index is 1.59. The zero-order valence-corrected chi connectivity index (χ0v) is 15.6.